The second-order valence-electron chi connectivity index (χ2n) is 4.99. The van der Waals surface area contributed by atoms with Crippen molar-refractivity contribution in [2.75, 3.05) is 20.1 Å². The molecule has 1 aliphatic rings. The molecule has 20 heavy (non-hydrogen) atoms. The number of likely N-dealkylation sites (N-methyl/N-ethyl adjacent to an activating group) is 1. The van der Waals surface area contributed by atoms with Gasteiger partial charge in [-0.25, -0.2) is 0 Å². The summed E-state index contributed by atoms with van der Waals surface area (Å²) in [7, 11) is 1.72. The van der Waals surface area contributed by atoms with E-state index in [-0.39, 0.29) is 25.0 Å². The van der Waals surface area contributed by atoms with Crippen LogP contribution >= 0.6 is 22.9 Å². The van der Waals surface area contributed by atoms with Crippen molar-refractivity contribution in [2.24, 2.45) is 0 Å². The topological polar surface area (TPSA) is 60.9 Å². The fourth-order valence-corrected chi connectivity index (χ4v) is 3.12. The molecule has 0 bridgehead atoms. The molecule has 7 heteroatoms. The number of hydrogen-bond acceptors (Lipinski definition) is 4. The molecule has 1 saturated carbocycles. The SMILES string of the molecule is CN(Cc1ccc(Cl)s1)C(=O)CN(CC(=O)O)C1CC1. The number of amides is 1. The fourth-order valence-electron chi connectivity index (χ4n) is 1.98. The summed E-state index contributed by atoms with van der Waals surface area (Å²) in [4.78, 5) is 27.3. The zero-order valence-electron chi connectivity index (χ0n) is 11.2. The summed E-state index contributed by atoms with van der Waals surface area (Å²) in [6.45, 7) is 0.587. The molecule has 1 amide bonds. The predicted molar refractivity (Wildman–Crippen MR) is 78.0 cm³/mol. The molecule has 0 aromatic carbocycles. The molecular weight excluding hydrogens is 300 g/mol. The highest BCUT2D eigenvalue weighted by Crippen LogP contribution is 2.26. The molecule has 1 aromatic heterocycles. The van der Waals surface area contributed by atoms with E-state index in [2.05, 4.69) is 0 Å². The monoisotopic (exact) mass is 316 g/mol. The molecule has 0 spiro atoms. The fraction of sp³-hybridized carbons (Fsp3) is 0.538. The van der Waals surface area contributed by atoms with Crippen LogP contribution in [-0.2, 0) is 16.1 Å². The highest BCUT2D eigenvalue weighted by Gasteiger charge is 2.32. The second kappa shape index (κ2) is 6.56. The first-order valence-corrected chi connectivity index (χ1v) is 7.59. The van der Waals surface area contributed by atoms with Gasteiger partial charge in [0, 0.05) is 18.0 Å². The largest absolute Gasteiger partial charge is 0.480 e. The molecule has 0 atom stereocenters. The Hall–Kier alpha value is -1.11. The molecule has 0 unspecified atom stereocenters. The summed E-state index contributed by atoms with van der Waals surface area (Å²) < 4.78 is 0.700. The third-order valence-corrected chi connectivity index (χ3v) is 4.40. The Morgan fingerprint density at radius 3 is 2.60 bits per heavy atom. The molecule has 0 aliphatic heterocycles. The van der Waals surface area contributed by atoms with E-state index in [4.69, 9.17) is 16.7 Å². The zero-order chi connectivity index (χ0) is 14.7. The minimum absolute atomic E-state index is 0.0670. The van der Waals surface area contributed by atoms with E-state index in [1.165, 1.54) is 11.3 Å². The van der Waals surface area contributed by atoms with Crippen LogP contribution in [0.3, 0.4) is 0 Å². The zero-order valence-corrected chi connectivity index (χ0v) is 12.8. The summed E-state index contributed by atoms with van der Waals surface area (Å²) in [5, 5.41) is 8.87. The second-order valence-corrected chi connectivity index (χ2v) is 6.79. The van der Waals surface area contributed by atoms with Crippen LogP contribution in [0.25, 0.3) is 0 Å². The van der Waals surface area contributed by atoms with Crippen LogP contribution < -0.4 is 0 Å². The number of carboxylic acids is 1. The predicted octanol–water partition coefficient (Wildman–Crippen LogP) is 1.91. The number of halogens is 1. The van der Waals surface area contributed by atoms with Crippen molar-refractivity contribution in [2.45, 2.75) is 25.4 Å². The highest BCUT2D eigenvalue weighted by atomic mass is 35.5. The lowest BCUT2D eigenvalue weighted by atomic mass is 10.3. The third-order valence-electron chi connectivity index (χ3n) is 3.19. The standard InChI is InChI=1S/C13H17ClN2O3S/c1-15(6-10-4-5-11(14)20-10)12(17)7-16(8-13(18)19)9-2-3-9/h4-5,9H,2-3,6-8H2,1H3,(H,18,19). The molecule has 1 aliphatic carbocycles. The van der Waals surface area contributed by atoms with E-state index in [1.54, 1.807) is 22.9 Å². The number of aliphatic carboxylic acids is 1. The van der Waals surface area contributed by atoms with Crippen LogP contribution in [0.1, 0.15) is 17.7 Å². The summed E-state index contributed by atoms with van der Waals surface area (Å²) in [5.74, 6) is -0.958. The van der Waals surface area contributed by atoms with Crippen molar-refractivity contribution in [3.8, 4) is 0 Å². The number of carbonyl (C=O) groups excluding carboxylic acids is 1. The summed E-state index contributed by atoms with van der Waals surface area (Å²) in [6.07, 6.45) is 1.95. The molecule has 2 rings (SSSR count). The molecule has 1 fully saturated rings. The molecular formula is C13H17ClN2O3S. The van der Waals surface area contributed by atoms with E-state index in [1.807, 2.05) is 6.07 Å². The summed E-state index contributed by atoms with van der Waals surface area (Å²) in [5.41, 5.74) is 0. The first-order valence-electron chi connectivity index (χ1n) is 6.39. The average molecular weight is 317 g/mol. The number of thiophene rings is 1. The lowest BCUT2D eigenvalue weighted by Gasteiger charge is -2.23. The van der Waals surface area contributed by atoms with Crippen molar-refractivity contribution in [1.82, 2.24) is 9.80 Å². The number of rotatable bonds is 7. The molecule has 1 aromatic rings. The lowest BCUT2D eigenvalue weighted by Crippen LogP contribution is -2.41. The van der Waals surface area contributed by atoms with Gasteiger partial charge in [0.05, 0.1) is 24.0 Å². The van der Waals surface area contributed by atoms with Gasteiger partial charge in [-0.1, -0.05) is 11.6 Å². The normalized spacial score (nSPS) is 14.6. The Labute approximate surface area is 126 Å². The maximum atomic E-state index is 12.1. The number of hydrogen-bond donors (Lipinski definition) is 1. The van der Waals surface area contributed by atoms with Crippen molar-refractivity contribution in [3.63, 3.8) is 0 Å². The Kier molecular flexibility index (Phi) is 5.01. The maximum Gasteiger partial charge on any atom is 0.317 e. The maximum absolute atomic E-state index is 12.1. The molecule has 1 N–H and O–H groups in total. The summed E-state index contributed by atoms with van der Waals surface area (Å²) in [6, 6.07) is 3.95. The lowest BCUT2D eigenvalue weighted by molar-refractivity contribution is -0.139. The van der Waals surface area contributed by atoms with Crippen LogP contribution in [0.5, 0.6) is 0 Å². The van der Waals surface area contributed by atoms with Crippen LogP contribution in [0.2, 0.25) is 4.34 Å². The number of carboxylic acid groups (broad SMARTS) is 1. The Bertz CT molecular complexity index is 502. The first-order chi connectivity index (χ1) is 9.45. The minimum Gasteiger partial charge on any atom is -0.480 e. The van der Waals surface area contributed by atoms with Crippen molar-refractivity contribution >= 4 is 34.8 Å². The van der Waals surface area contributed by atoms with Gasteiger partial charge in [-0.2, -0.15) is 0 Å². The van der Waals surface area contributed by atoms with Gasteiger partial charge in [-0.3, -0.25) is 14.5 Å². The van der Waals surface area contributed by atoms with Gasteiger partial charge in [0.1, 0.15) is 0 Å². The van der Waals surface area contributed by atoms with Gasteiger partial charge in [0.2, 0.25) is 5.91 Å². The van der Waals surface area contributed by atoms with Crippen LogP contribution in [0.15, 0.2) is 12.1 Å². The van der Waals surface area contributed by atoms with Gasteiger partial charge in [0.25, 0.3) is 0 Å². The molecule has 1 heterocycles. The average Bonchev–Trinajstić information content (AvgIpc) is 3.12. The Morgan fingerprint density at radius 2 is 2.10 bits per heavy atom. The van der Waals surface area contributed by atoms with Crippen molar-refractivity contribution < 1.29 is 14.7 Å². The van der Waals surface area contributed by atoms with Crippen molar-refractivity contribution in [3.05, 3.63) is 21.3 Å². The van der Waals surface area contributed by atoms with Crippen molar-refractivity contribution in [1.29, 1.82) is 0 Å². The highest BCUT2D eigenvalue weighted by molar-refractivity contribution is 7.16. The van der Waals surface area contributed by atoms with E-state index in [0.29, 0.717) is 10.9 Å². The molecule has 5 nitrogen and oxygen atoms in total. The third kappa shape index (κ3) is 4.47. The molecule has 110 valence electrons. The van der Waals surface area contributed by atoms with Gasteiger partial charge in [-0.15, -0.1) is 11.3 Å². The van der Waals surface area contributed by atoms with E-state index in [9.17, 15) is 9.59 Å². The summed E-state index contributed by atoms with van der Waals surface area (Å²) >= 11 is 7.30. The van der Waals surface area contributed by atoms with E-state index in [0.717, 1.165) is 17.7 Å². The van der Waals surface area contributed by atoms with Crippen LogP contribution in [0.4, 0.5) is 0 Å². The van der Waals surface area contributed by atoms with Gasteiger partial charge in [0.15, 0.2) is 0 Å². The number of carbonyl (C=O) groups is 2. The number of nitrogens with zero attached hydrogens (tertiary/aromatic N) is 2. The van der Waals surface area contributed by atoms with Gasteiger partial charge in [-0.05, 0) is 25.0 Å². The molecule has 0 saturated heterocycles. The van der Waals surface area contributed by atoms with Crippen LogP contribution in [-0.4, -0.2) is 53.0 Å². The van der Waals surface area contributed by atoms with Crippen LogP contribution in [0, 0.1) is 0 Å². The van der Waals surface area contributed by atoms with Gasteiger partial charge >= 0.3 is 5.97 Å². The van der Waals surface area contributed by atoms with Gasteiger partial charge < -0.3 is 10.0 Å². The Balaban J connectivity index is 1.87. The van der Waals surface area contributed by atoms with E-state index >= 15 is 0 Å². The molecule has 0 radical (unpaired) electrons. The smallest absolute Gasteiger partial charge is 0.317 e. The minimum atomic E-state index is -0.891. The Morgan fingerprint density at radius 1 is 1.40 bits per heavy atom. The first kappa shape index (κ1) is 15.3. The quantitative estimate of drug-likeness (QED) is 0.834. The van der Waals surface area contributed by atoms with E-state index < -0.39 is 5.97 Å².